The number of nitro groups is 1. The number of pyridine rings is 1. The summed E-state index contributed by atoms with van der Waals surface area (Å²) in [6.45, 7) is 3.98. The van der Waals surface area contributed by atoms with E-state index < -0.39 is 4.92 Å². The molecule has 0 radical (unpaired) electrons. The molecule has 1 aromatic carbocycles. The number of carbonyl (C=O) groups is 2. The van der Waals surface area contributed by atoms with Crippen molar-refractivity contribution in [3.8, 4) is 0 Å². The smallest absolute Gasteiger partial charge is 0.293 e. The van der Waals surface area contributed by atoms with Crippen LogP contribution in [-0.2, 0) is 11.2 Å². The maximum Gasteiger partial charge on any atom is 0.293 e. The van der Waals surface area contributed by atoms with E-state index in [4.69, 9.17) is 0 Å². The lowest BCUT2D eigenvalue weighted by Crippen LogP contribution is -2.48. The van der Waals surface area contributed by atoms with Gasteiger partial charge in [-0.05, 0) is 30.2 Å². The second-order valence-electron chi connectivity index (χ2n) is 6.82. The number of aromatic nitrogens is 1. The van der Waals surface area contributed by atoms with Gasteiger partial charge >= 0.3 is 0 Å². The summed E-state index contributed by atoms with van der Waals surface area (Å²) in [5.74, 6) is -0.359. The van der Waals surface area contributed by atoms with Gasteiger partial charge in [0.2, 0.25) is 5.91 Å². The van der Waals surface area contributed by atoms with E-state index in [9.17, 15) is 19.7 Å². The summed E-state index contributed by atoms with van der Waals surface area (Å²) in [5.41, 5.74) is 1.60. The molecule has 2 amide bonds. The molecule has 0 aliphatic carbocycles. The number of nitro benzene ring substituents is 1. The fourth-order valence-electron chi connectivity index (χ4n) is 3.31. The molecule has 3 rings (SSSR count). The number of piperazine rings is 1. The van der Waals surface area contributed by atoms with Gasteiger partial charge in [-0.25, -0.2) is 0 Å². The molecule has 1 saturated heterocycles. The van der Waals surface area contributed by atoms with Gasteiger partial charge < -0.3 is 15.1 Å². The van der Waals surface area contributed by atoms with Crippen LogP contribution in [0, 0.1) is 10.1 Å². The molecule has 9 heteroatoms. The van der Waals surface area contributed by atoms with Crippen LogP contribution in [0.25, 0.3) is 0 Å². The zero-order valence-corrected chi connectivity index (χ0v) is 16.2. The maximum absolute atomic E-state index is 12.4. The van der Waals surface area contributed by atoms with Gasteiger partial charge in [0.25, 0.3) is 11.6 Å². The van der Waals surface area contributed by atoms with Gasteiger partial charge in [-0.15, -0.1) is 0 Å². The minimum Gasteiger partial charge on any atom is -0.362 e. The van der Waals surface area contributed by atoms with Crippen LogP contribution in [0.4, 0.5) is 11.4 Å². The molecule has 0 saturated carbocycles. The first-order valence-electron chi connectivity index (χ1n) is 9.41. The van der Waals surface area contributed by atoms with Crippen molar-refractivity contribution < 1.29 is 14.5 Å². The lowest BCUT2D eigenvalue weighted by atomic mass is 10.1. The Hall–Kier alpha value is -3.49. The minimum atomic E-state index is -0.473. The molecule has 152 valence electrons. The van der Waals surface area contributed by atoms with Gasteiger partial charge in [0.05, 0.1) is 4.92 Å². The van der Waals surface area contributed by atoms with E-state index in [1.807, 2.05) is 17.0 Å². The molecule has 1 aliphatic rings. The third-order valence-electron chi connectivity index (χ3n) is 4.92. The van der Waals surface area contributed by atoms with Crippen molar-refractivity contribution in [3.63, 3.8) is 0 Å². The molecule has 9 nitrogen and oxygen atoms in total. The molecule has 2 heterocycles. The quantitative estimate of drug-likeness (QED) is 0.586. The van der Waals surface area contributed by atoms with Crippen LogP contribution in [0.1, 0.15) is 22.8 Å². The van der Waals surface area contributed by atoms with E-state index in [2.05, 4.69) is 10.3 Å². The molecule has 1 fully saturated rings. The van der Waals surface area contributed by atoms with Gasteiger partial charge in [-0.3, -0.25) is 24.7 Å². The minimum absolute atomic E-state index is 0.00236. The van der Waals surface area contributed by atoms with Crippen LogP contribution < -0.4 is 10.2 Å². The molecular weight excluding hydrogens is 374 g/mol. The molecular formula is C20H23N5O4. The highest BCUT2D eigenvalue weighted by molar-refractivity contribution is 5.95. The normalized spacial score (nSPS) is 13.8. The zero-order chi connectivity index (χ0) is 20.8. The Balaban J connectivity index is 1.66. The summed E-state index contributed by atoms with van der Waals surface area (Å²) in [6, 6.07) is 8.27. The lowest BCUT2D eigenvalue weighted by Gasteiger charge is -2.35. The Morgan fingerprint density at radius 3 is 2.59 bits per heavy atom. The topological polar surface area (TPSA) is 109 Å². The number of rotatable bonds is 6. The second-order valence-corrected chi connectivity index (χ2v) is 6.82. The summed E-state index contributed by atoms with van der Waals surface area (Å²) in [5, 5.41) is 14.4. The number of nitrogens with one attached hydrogen (secondary N) is 1. The van der Waals surface area contributed by atoms with Gasteiger partial charge in [-0.2, -0.15) is 0 Å². The van der Waals surface area contributed by atoms with Crippen molar-refractivity contribution in [1.82, 2.24) is 15.2 Å². The van der Waals surface area contributed by atoms with Crippen LogP contribution >= 0.6 is 0 Å². The zero-order valence-electron chi connectivity index (χ0n) is 16.2. The van der Waals surface area contributed by atoms with Crippen LogP contribution in [0.5, 0.6) is 0 Å². The van der Waals surface area contributed by atoms with Crippen LogP contribution in [0.3, 0.4) is 0 Å². The predicted octanol–water partition coefficient (Wildman–Crippen LogP) is 1.63. The van der Waals surface area contributed by atoms with Crippen LogP contribution in [-0.4, -0.2) is 59.3 Å². The van der Waals surface area contributed by atoms with Crippen molar-refractivity contribution in [2.75, 3.05) is 37.6 Å². The van der Waals surface area contributed by atoms with E-state index in [0.717, 1.165) is 5.56 Å². The average molecular weight is 397 g/mol. The van der Waals surface area contributed by atoms with Gasteiger partial charge in [-0.1, -0.05) is 6.07 Å². The van der Waals surface area contributed by atoms with E-state index in [1.165, 1.54) is 13.0 Å². The third-order valence-corrected chi connectivity index (χ3v) is 4.92. The number of amides is 2. The Morgan fingerprint density at radius 1 is 1.21 bits per heavy atom. The number of hydrogen-bond acceptors (Lipinski definition) is 6. The molecule has 29 heavy (non-hydrogen) atoms. The van der Waals surface area contributed by atoms with Crippen LogP contribution in [0.2, 0.25) is 0 Å². The highest BCUT2D eigenvalue weighted by atomic mass is 16.6. The Morgan fingerprint density at radius 2 is 1.97 bits per heavy atom. The molecule has 1 aromatic heterocycles. The van der Waals surface area contributed by atoms with Crippen LogP contribution in [0.15, 0.2) is 42.7 Å². The molecule has 0 bridgehead atoms. The summed E-state index contributed by atoms with van der Waals surface area (Å²) in [7, 11) is 0. The lowest BCUT2D eigenvalue weighted by molar-refractivity contribution is -0.384. The van der Waals surface area contributed by atoms with E-state index >= 15 is 0 Å². The number of benzene rings is 1. The molecule has 0 atom stereocenters. The third kappa shape index (κ3) is 5.07. The van der Waals surface area contributed by atoms with E-state index in [1.54, 1.807) is 29.4 Å². The predicted molar refractivity (Wildman–Crippen MR) is 108 cm³/mol. The first kappa shape index (κ1) is 20.2. The van der Waals surface area contributed by atoms with Gasteiger partial charge in [0.15, 0.2) is 0 Å². The second kappa shape index (κ2) is 9.13. The standard InChI is InChI=1S/C20H23N5O4/c1-15(26)23-9-11-24(12-10-23)18-5-4-17(13-19(18)25(28)29)20(27)22-8-6-16-3-2-7-21-14-16/h2-5,7,13-14H,6,8-12H2,1H3,(H,22,27). The fraction of sp³-hybridized carbons (Fsp3) is 0.350. The number of carbonyl (C=O) groups excluding carboxylic acids is 2. The number of hydrogen-bond donors (Lipinski definition) is 1. The van der Waals surface area contributed by atoms with Crippen molar-refractivity contribution in [3.05, 3.63) is 64.0 Å². The fourth-order valence-corrected chi connectivity index (χ4v) is 3.31. The monoisotopic (exact) mass is 397 g/mol. The largest absolute Gasteiger partial charge is 0.362 e. The molecule has 1 N–H and O–H groups in total. The maximum atomic E-state index is 12.4. The molecule has 1 aliphatic heterocycles. The first-order chi connectivity index (χ1) is 14.0. The highest BCUT2D eigenvalue weighted by Gasteiger charge is 2.25. The Labute approximate surface area is 168 Å². The van der Waals surface area contributed by atoms with Crippen molar-refractivity contribution in [1.29, 1.82) is 0 Å². The molecule has 0 spiro atoms. The number of nitrogens with zero attached hydrogens (tertiary/aromatic N) is 4. The van der Waals surface area contributed by atoms with Crippen molar-refractivity contribution in [2.45, 2.75) is 13.3 Å². The highest BCUT2D eigenvalue weighted by Crippen LogP contribution is 2.30. The first-order valence-corrected chi connectivity index (χ1v) is 9.41. The summed E-state index contributed by atoms with van der Waals surface area (Å²) in [4.78, 5) is 42.6. The SMILES string of the molecule is CC(=O)N1CCN(c2ccc(C(=O)NCCc3cccnc3)cc2[N+](=O)[O-])CC1. The Kier molecular flexibility index (Phi) is 6.38. The molecule has 2 aromatic rings. The molecule has 0 unspecified atom stereocenters. The Bertz CT molecular complexity index is 895. The summed E-state index contributed by atoms with van der Waals surface area (Å²) in [6.07, 6.45) is 4.04. The van der Waals surface area contributed by atoms with Gasteiger partial charge in [0.1, 0.15) is 5.69 Å². The van der Waals surface area contributed by atoms with Crippen molar-refractivity contribution >= 4 is 23.2 Å². The van der Waals surface area contributed by atoms with E-state index in [0.29, 0.717) is 44.8 Å². The summed E-state index contributed by atoms with van der Waals surface area (Å²) < 4.78 is 0. The number of anilines is 1. The average Bonchev–Trinajstić information content (AvgIpc) is 2.74. The van der Waals surface area contributed by atoms with Crippen molar-refractivity contribution in [2.24, 2.45) is 0 Å². The van der Waals surface area contributed by atoms with E-state index in [-0.39, 0.29) is 23.1 Å². The van der Waals surface area contributed by atoms with Gasteiger partial charge in [0, 0.05) is 63.7 Å². The summed E-state index contributed by atoms with van der Waals surface area (Å²) >= 11 is 0.